The van der Waals surface area contributed by atoms with Crippen molar-refractivity contribution in [2.75, 3.05) is 0 Å². The zero-order valence-electron chi connectivity index (χ0n) is 27.2. The summed E-state index contributed by atoms with van der Waals surface area (Å²) in [6, 6.07) is 56.5. The summed E-state index contributed by atoms with van der Waals surface area (Å²) in [7, 11) is 0. The summed E-state index contributed by atoms with van der Waals surface area (Å²) in [6.45, 7) is 0. The van der Waals surface area contributed by atoms with Gasteiger partial charge >= 0.3 is 0 Å². The normalized spacial score (nSPS) is 11.9. The summed E-state index contributed by atoms with van der Waals surface area (Å²) in [5.41, 5.74) is 10.3. The topological polar surface area (TPSA) is 57.0 Å². The van der Waals surface area contributed by atoms with E-state index in [0.717, 1.165) is 99.4 Å². The summed E-state index contributed by atoms with van der Waals surface area (Å²) in [4.78, 5) is 10.6. The van der Waals surface area contributed by atoms with Crippen LogP contribution in [0.3, 0.4) is 0 Å². The standard InChI is InChI=1S/C46H27N3O2/c1-2-12-28(13-3-1)29-14-10-15-30(26-29)46-47-37(35-20-11-19-33-31-16-5-8-22-40(31)50-44(33)35)27-42(48-46)49-38-21-7-4-18-36(38)43-39(49)25-24-34-32-17-6-9-23-41(32)51-45(34)43/h1-27H. The molecule has 0 fully saturated rings. The highest BCUT2D eigenvalue weighted by Crippen LogP contribution is 2.42. The summed E-state index contributed by atoms with van der Waals surface area (Å²) < 4.78 is 15.4. The molecule has 5 nitrogen and oxygen atoms in total. The highest BCUT2D eigenvalue weighted by atomic mass is 16.3. The van der Waals surface area contributed by atoms with Crippen LogP contribution < -0.4 is 0 Å². The molecule has 0 bridgehead atoms. The van der Waals surface area contributed by atoms with Crippen molar-refractivity contribution < 1.29 is 8.83 Å². The third-order valence-corrected chi connectivity index (χ3v) is 10.0. The maximum Gasteiger partial charge on any atom is 0.162 e. The SMILES string of the molecule is c1ccc(-c2cccc(-c3nc(-c4cccc5c4oc4ccccc45)cc(-n4c5ccccc5c5c6oc7ccccc7c6ccc54)n3)c2)cc1. The minimum absolute atomic E-state index is 0.629. The number of rotatable bonds is 4. The maximum atomic E-state index is 6.58. The van der Waals surface area contributed by atoms with Gasteiger partial charge in [-0.3, -0.25) is 4.57 Å². The fraction of sp³-hybridized carbons (Fsp3) is 0. The predicted octanol–water partition coefficient (Wildman–Crippen LogP) is 12.4. The lowest BCUT2D eigenvalue weighted by Crippen LogP contribution is -2.02. The second kappa shape index (κ2) is 10.8. The Morgan fingerprint density at radius 1 is 0.412 bits per heavy atom. The molecule has 0 saturated carbocycles. The van der Waals surface area contributed by atoms with Crippen molar-refractivity contribution >= 4 is 65.7 Å². The maximum absolute atomic E-state index is 6.58. The van der Waals surface area contributed by atoms with Gasteiger partial charge in [-0.1, -0.05) is 115 Å². The van der Waals surface area contributed by atoms with E-state index in [1.807, 2.05) is 36.4 Å². The molecule has 0 amide bonds. The van der Waals surface area contributed by atoms with Crippen molar-refractivity contribution in [1.82, 2.24) is 14.5 Å². The van der Waals surface area contributed by atoms with Crippen LogP contribution in [0.1, 0.15) is 0 Å². The molecule has 238 valence electrons. The molecule has 0 aliphatic carbocycles. The third kappa shape index (κ3) is 4.22. The lowest BCUT2D eigenvalue weighted by Gasteiger charge is -2.13. The van der Waals surface area contributed by atoms with Gasteiger partial charge in [-0.25, -0.2) is 9.97 Å². The fourth-order valence-electron chi connectivity index (χ4n) is 7.72. The fourth-order valence-corrected chi connectivity index (χ4v) is 7.72. The number of nitrogens with zero attached hydrogens (tertiary/aromatic N) is 3. The molecule has 5 heteroatoms. The number of fused-ring (bicyclic) bond motifs is 10. The Morgan fingerprint density at radius 2 is 1.04 bits per heavy atom. The minimum Gasteiger partial charge on any atom is -0.455 e. The van der Waals surface area contributed by atoms with Crippen LogP contribution in [0.25, 0.3) is 105 Å². The molecule has 4 aromatic heterocycles. The van der Waals surface area contributed by atoms with E-state index in [9.17, 15) is 0 Å². The van der Waals surface area contributed by atoms with E-state index in [1.54, 1.807) is 0 Å². The van der Waals surface area contributed by atoms with Gasteiger partial charge in [0.15, 0.2) is 5.82 Å². The number of benzene rings is 7. The zero-order valence-corrected chi connectivity index (χ0v) is 27.2. The van der Waals surface area contributed by atoms with Crippen LogP contribution in [0.4, 0.5) is 0 Å². The van der Waals surface area contributed by atoms with Crippen LogP contribution in [0.15, 0.2) is 173 Å². The van der Waals surface area contributed by atoms with E-state index < -0.39 is 0 Å². The van der Waals surface area contributed by atoms with Crippen LogP contribution in [0.5, 0.6) is 0 Å². The van der Waals surface area contributed by atoms with Gasteiger partial charge in [-0.2, -0.15) is 0 Å². The highest BCUT2D eigenvalue weighted by molar-refractivity contribution is 6.23. The molecule has 0 unspecified atom stereocenters. The first kappa shape index (κ1) is 27.9. The summed E-state index contributed by atoms with van der Waals surface area (Å²) in [5, 5.41) is 6.50. The zero-order chi connectivity index (χ0) is 33.5. The predicted molar refractivity (Wildman–Crippen MR) is 207 cm³/mol. The first-order chi connectivity index (χ1) is 25.3. The molecule has 0 aliphatic rings. The third-order valence-electron chi connectivity index (χ3n) is 10.0. The lowest BCUT2D eigenvalue weighted by atomic mass is 10.0. The monoisotopic (exact) mass is 653 g/mol. The average Bonchev–Trinajstić information content (AvgIpc) is 3.88. The second-order valence-electron chi connectivity index (χ2n) is 12.9. The summed E-state index contributed by atoms with van der Waals surface area (Å²) in [5.74, 6) is 1.39. The van der Waals surface area contributed by atoms with Crippen LogP contribution in [-0.2, 0) is 0 Å². The molecule has 0 radical (unpaired) electrons. The lowest BCUT2D eigenvalue weighted by molar-refractivity contribution is 0.670. The molecule has 0 atom stereocenters. The number of hydrogen-bond acceptors (Lipinski definition) is 4. The van der Waals surface area contributed by atoms with Gasteiger partial charge in [-0.05, 0) is 53.6 Å². The first-order valence-corrected chi connectivity index (χ1v) is 17.1. The van der Waals surface area contributed by atoms with Gasteiger partial charge in [0.05, 0.1) is 22.1 Å². The summed E-state index contributed by atoms with van der Waals surface area (Å²) in [6.07, 6.45) is 0. The Labute approximate surface area is 291 Å². The van der Waals surface area contributed by atoms with Crippen molar-refractivity contribution in [1.29, 1.82) is 0 Å². The van der Waals surface area contributed by atoms with E-state index in [4.69, 9.17) is 18.8 Å². The molecule has 0 aliphatic heterocycles. The number of furan rings is 2. The van der Waals surface area contributed by atoms with Gasteiger partial charge in [-0.15, -0.1) is 0 Å². The van der Waals surface area contributed by atoms with E-state index in [1.165, 1.54) is 0 Å². The quantitative estimate of drug-likeness (QED) is 0.190. The molecular formula is C46H27N3O2. The van der Waals surface area contributed by atoms with Crippen molar-refractivity contribution in [2.24, 2.45) is 0 Å². The Morgan fingerprint density at radius 3 is 1.86 bits per heavy atom. The molecule has 51 heavy (non-hydrogen) atoms. The van der Waals surface area contributed by atoms with Crippen molar-refractivity contribution in [3.05, 3.63) is 164 Å². The second-order valence-corrected chi connectivity index (χ2v) is 12.9. The molecule has 11 rings (SSSR count). The minimum atomic E-state index is 0.629. The molecule has 4 heterocycles. The molecule has 11 aromatic rings. The average molecular weight is 654 g/mol. The molecule has 0 N–H and O–H groups in total. The molecular weight excluding hydrogens is 627 g/mol. The van der Waals surface area contributed by atoms with Crippen LogP contribution in [-0.4, -0.2) is 14.5 Å². The Kier molecular flexibility index (Phi) is 5.89. The molecule has 0 spiro atoms. The van der Waals surface area contributed by atoms with Crippen LogP contribution in [0.2, 0.25) is 0 Å². The summed E-state index contributed by atoms with van der Waals surface area (Å²) >= 11 is 0. The van der Waals surface area contributed by atoms with Crippen molar-refractivity contribution in [3.8, 4) is 39.6 Å². The van der Waals surface area contributed by atoms with Gasteiger partial charge in [0.25, 0.3) is 0 Å². The first-order valence-electron chi connectivity index (χ1n) is 17.1. The van der Waals surface area contributed by atoms with Crippen LogP contribution >= 0.6 is 0 Å². The molecule has 7 aromatic carbocycles. The van der Waals surface area contributed by atoms with E-state index in [0.29, 0.717) is 5.82 Å². The Bertz CT molecular complexity index is 3150. The largest absolute Gasteiger partial charge is 0.455 e. The molecule has 0 saturated heterocycles. The van der Waals surface area contributed by atoms with E-state index in [2.05, 4.69) is 132 Å². The van der Waals surface area contributed by atoms with E-state index >= 15 is 0 Å². The van der Waals surface area contributed by atoms with Gasteiger partial charge in [0.1, 0.15) is 28.1 Å². The van der Waals surface area contributed by atoms with Crippen molar-refractivity contribution in [3.63, 3.8) is 0 Å². The van der Waals surface area contributed by atoms with Gasteiger partial charge in [0, 0.05) is 44.1 Å². The Hall–Kier alpha value is -6.98. The Balaban J connectivity index is 1.22. The highest BCUT2D eigenvalue weighted by Gasteiger charge is 2.22. The van der Waals surface area contributed by atoms with Crippen LogP contribution in [0, 0.1) is 0 Å². The van der Waals surface area contributed by atoms with E-state index in [-0.39, 0.29) is 0 Å². The number of para-hydroxylation sites is 4. The number of hydrogen-bond donors (Lipinski definition) is 0. The van der Waals surface area contributed by atoms with Gasteiger partial charge < -0.3 is 8.83 Å². The van der Waals surface area contributed by atoms with Crippen molar-refractivity contribution in [2.45, 2.75) is 0 Å². The smallest absolute Gasteiger partial charge is 0.162 e. The number of aromatic nitrogens is 3. The van der Waals surface area contributed by atoms with Gasteiger partial charge in [0.2, 0.25) is 0 Å².